The van der Waals surface area contributed by atoms with Crippen LogP contribution in [0.5, 0.6) is 0 Å². The Balaban J connectivity index is 3.44. The van der Waals surface area contributed by atoms with Gasteiger partial charge in [0.15, 0.2) is 0 Å². The third-order valence-electron chi connectivity index (χ3n) is 3.26. The van der Waals surface area contributed by atoms with Crippen molar-refractivity contribution in [2.75, 3.05) is 0 Å². The van der Waals surface area contributed by atoms with Gasteiger partial charge in [-0.3, -0.25) is 4.55 Å². The molecule has 0 saturated carbocycles. The highest BCUT2D eigenvalue weighted by Crippen LogP contribution is 2.15. The third kappa shape index (κ3) is 9.60. The molecule has 0 heterocycles. The fourth-order valence-corrected chi connectivity index (χ4v) is 2.96. The zero-order valence-electron chi connectivity index (χ0n) is 11.3. The van der Waals surface area contributed by atoms with Gasteiger partial charge in [-0.1, -0.05) is 65.2 Å². The van der Waals surface area contributed by atoms with Gasteiger partial charge in [0.25, 0.3) is 10.1 Å². The molecule has 0 aromatic carbocycles. The molecule has 0 aromatic heterocycles. The van der Waals surface area contributed by atoms with Crippen molar-refractivity contribution in [3.8, 4) is 0 Å². The molecule has 0 rings (SSSR count). The fraction of sp³-hybridized carbons (Fsp3) is 1.00. The average Bonchev–Trinajstić information content (AvgIpc) is 2.25. The maximum atomic E-state index is 11.0. The highest BCUT2D eigenvalue weighted by atomic mass is 32.2. The molecule has 4 heteroatoms. The summed E-state index contributed by atoms with van der Waals surface area (Å²) >= 11 is 0. The van der Waals surface area contributed by atoms with Crippen LogP contribution in [0.25, 0.3) is 0 Å². The zero-order valence-corrected chi connectivity index (χ0v) is 12.1. The van der Waals surface area contributed by atoms with Crippen LogP contribution in [0.2, 0.25) is 0 Å². The van der Waals surface area contributed by atoms with Crippen LogP contribution < -0.4 is 0 Å². The van der Waals surface area contributed by atoms with Gasteiger partial charge in [0.1, 0.15) is 0 Å². The van der Waals surface area contributed by atoms with Crippen LogP contribution in [0, 0.1) is 0 Å². The first-order valence-corrected chi connectivity index (χ1v) is 8.49. The second kappa shape index (κ2) is 9.89. The predicted octanol–water partition coefficient (Wildman–Crippen LogP) is 4.18. The molecule has 1 unspecified atom stereocenters. The second-order valence-corrected chi connectivity index (χ2v) is 6.51. The molecule has 0 amide bonds. The van der Waals surface area contributed by atoms with E-state index in [0.717, 1.165) is 12.8 Å². The van der Waals surface area contributed by atoms with Gasteiger partial charge >= 0.3 is 0 Å². The Labute approximate surface area is 107 Å². The zero-order chi connectivity index (χ0) is 13.1. The number of hydrogen-bond donors (Lipinski definition) is 1. The van der Waals surface area contributed by atoms with Crippen LogP contribution in [0.4, 0.5) is 0 Å². The number of hydrogen-bond acceptors (Lipinski definition) is 2. The molecule has 1 N–H and O–H groups in total. The third-order valence-corrected chi connectivity index (χ3v) is 4.67. The van der Waals surface area contributed by atoms with E-state index in [0.29, 0.717) is 12.8 Å². The number of rotatable bonds is 11. The highest BCUT2D eigenvalue weighted by Gasteiger charge is 2.19. The van der Waals surface area contributed by atoms with E-state index in [1.54, 1.807) is 0 Å². The molecule has 3 nitrogen and oxygen atoms in total. The molecule has 0 spiro atoms. The van der Waals surface area contributed by atoms with Crippen molar-refractivity contribution >= 4 is 10.1 Å². The second-order valence-electron chi connectivity index (χ2n) is 4.81. The number of unbranched alkanes of at least 4 members (excludes halogenated alkanes) is 7. The van der Waals surface area contributed by atoms with E-state index >= 15 is 0 Å². The molecule has 0 saturated heterocycles. The van der Waals surface area contributed by atoms with Crippen LogP contribution in [0.15, 0.2) is 0 Å². The SMILES string of the molecule is CCCCCCCCCCC(CC)S(=O)(=O)O. The van der Waals surface area contributed by atoms with Gasteiger partial charge in [0.2, 0.25) is 0 Å². The van der Waals surface area contributed by atoms with Gasteiger partial charge in [0, 0.05) is 0 Å². The first kappa shape index (κ1) is 16.9. The summed E-state index contributed by atoms with van der Waals surface area (Å²) in [5, 5.41) is -0.553. The first-order valence-electron chi connectivity index (χ1n) is 6.98. The lowest BCUT2D eigenvalue weighted by Gasteiger charge is -2.10. The summed E-state index contributed by atoms with van der Waals surface area (Å²) in [6.07, 6.45) is 10.7. The lowest BCUT2D eigenvalue weighted by molar-refractivity contribution is 0.452. The normalized spacial score (nSPS) is 13.8. The molecule has 0 aromatic rings. The summed E-state index contributed by atoms with van der Waals surface area (Å²) in [4.78, 5) is 0. The van der Waals surface area contributed by atoms with E-state index in [1.165, 1.54) is 38.5 Å². The molecule has 0 radical (unpaired) electrons. The summed E-state index contributed by atoms with van der Waals surface area (Å²) in [5.74, 6) is 0. The minimum Gasteiger partial charge on any atom is -0.285 e. The van der Waals surface area contributed by atoms with Crippen molar-refractivity contribution in [2.45, 2.75) is 83.3 Å². The molecular formula is C13H28O3S. The topological polar surface area (TPSA) is 54.4 Å². The molecule has 0 aliphatic carbocycles. The summed E-state index contributed by atoms with van der Waals surface area (Å²) in [6, 6.07) is 0. The van der Waals surface area contributed by atoms with Crippen molar-refractivity contribution in [1.82, 2.24) is 0 Å². The quantitative estimate of drug-likeness (QED) is 0.450. The Morgan fingerprint density at radius 3 is 1.76 bits per heavy atom. The standard InChI is InChI=1S/C13H28O3S/c1-3-5-6-7-8-9-10-11-12-13(4-2)17(14,15)16/h13H,3-12H2,1-2H3,(H,14,15,16). The van der Waals surface area contributed by atoms with E-state index < -0.39 is 15.4 Å². The molecule has 0 bridgehead atoms. The van der Waals surface area contributed by atoms with Crippen molar-refractivity contribution in [1.29, 1.82) is 0 Å². The van der Waals surface area contributed by atoms with Gasteiger partial charge in [-0.25, -0.2) is 0 Å². The Hall–Kier alpha value is -0.0900. The van der Waals surface area contributed by atoms with E-state index in [-0.39, 0.29) is 0 Å². The summed E-state index contributed by atoms with van der Waals surface area (Å²) in [6.45, 7) is 4.02. The predicted molar refractivity (Wildman–Crippen MR) is 72.9 cm³/mol. The minimum absolute atomic E-state index is 0.509. The van der Waals surface area contributed by atoms with Crippen molar-refractivity contribution < 1.29 is 13.0 Å². The van der Waals surface area contributed by atoms with Crippen molar-refractivity contribution in [2.24, 2.45) is 0 Å². The lowest BCUT2D eigenvalue weighted by Crippen LogP contribution is -2.19. The minimum atomic E-state index is -3.82. The average molecular weight is 264 g/mol. The summed E-state index contributed by atoms with van der Waals surface area (Å²) < 4.78 is 30.9. The molecule has 104 valence electrons. The van der Waals surface area contributed by atoms with E-state index in [1.807, 2.05) is 6.92 Å². The molecule has 0 aliphatic heterocycles. The maximum Gasteiger partial charge on any atom is 0.267 e. The van der Waals surface area contributed by atoms with Crippen LogP contribution >= 0.6 is 0 Å². The summed E-state index contributed by atoms with van der Waals surface area (Å²) in [5.41, 5.74) is 0. The van der Waals surface area contributed by atoms with Crippen molar-refractivity contribution in [3.63, 3.8) is 0 Å². The molecule has 17 heavy (non-hydrogen) atoms. The van der Waals surface area contributed by atoms with Crippen LogP contribution in [-0.4, -0.2) is 18.2 Å². The van der Waals surface area contributed by atoms with E-state index in [4.69, 9.17) is 4.55 Å². The molecular weight excluding hydrogens is 236 g/mol. The molecule has 1 atom stereocenters. The molecule has 0 fully saturated rings. The fourth-order valence-electron chi connectivity index (χ4n) is 2.07. The highest BCUT2D eigenvalue weighted by molar-refractivity contribution is 7.86. The lowest BCUT2D eigenvalue weighted by atomic mass is 10.1. The van der Waals surface area contributed by atoms with Gasteiger partial charge in [-0.05, 0) is 12.8 Å². The van der Waals surface area contributed by atoms with E-state index in [9.17, 15) is 8.42 Å². The van der Waals surface area contributed by atoms with Crippen LogP contribution in [-0.2, 0) is 10.1 Å². The monoisotopic (exact) mass is 264 g/mol. The molecule has 0 aliphatic rings. The van der Waals surface area contributed by atoms with Gasteiger partial charge < -0.3 is 0 Å². The summed E-state index contributed by atoms with van der Waals surface area (Å²) in [7, 11) is -3.82. The van der Waals surface area contributed by atoms with Gasteiger partial charge in [-0.2, -0.15) is 8.42 Å². The van der Waals surface area contributed by atoms with Crippen LogP contribution in [0.1, 0.15) is 78.1 Å². The van der Waals surface area contributed by atoms with Gasteiger partial charge in [-0.15, -0.1) is 0 Å². The van der Waals surface area contributed by atoms with Crippen LogP contribution in [0.3, 0.4) is 0 Å². The Kier molecular flexibility index (Phi) is 9.84. The Morgan fingerprint density at radius 2 is 1.35 bits per heavy atom. The Morgan fingerprint density at radius 1 is 0.882 bits per heavy atom. The smallest absolute Gasteiger partial charge is 0.267 e. The van der Waals surface area contributed by atoms with Gasteiger partial charge in [0.05, 0.1) is 5.25 Å². The largest absolute Gasteiger partial charge is 0.285 e. The maximum absolute atomic E-state index is 11.0. The van der Waals surface area contributed by atoms with E-state index in [2.05, 4.69) is 6.92 Å². The van der Waals surface area contributed by atoms with Crippen molar-refractivity contribution in [3.05, 3.63) is 0 Å². The Bertz CT molecular complexity index is 260. The first-order chi connectivity index (χ1) is 8.02.